The Bertz CT molecular complexity index is 882. The van der Waals surface area contributed by atoms with Gasteiger partial charge in [-0.3, -0.25) is 4.79 Å². The zero-order valence-electron chi connectivity index (χ0n) is 12.9. The van der Waals surface area contributed by atoms with Crippen LogP contribution < -0.4 is 10.1 Å². The number of aromatic amines is 1. The lowest BCUT2D eigenvalue weighted by molar-refractivity contribution is -0.0499. The van der Waals surface area contributed by atoms with Crippen molar-refractivity contribution in [3.8, 4) is 5.75 Å². The predicted octanol–water partition coefficient (Wildman–Crippen LogP) is 2.63. The minimum atomic E-state index is -2.94. The van der Waals surface area contributed by atoms with Crippen molar-refractivity contribution in [1.82, 2.24) is 15.3 Å². The number of carbonyl (C=O) groups is 1. The molecule has 8 heteroatoms. The van der Waals surface area contributed by atoms with Gasteiger partial charge >= 0.3 is 6.61 Å². The fourth-order valence-corrected chi connectivity index (χ4v) is 2.38. The first-order valence-electron chi connectivity index (χ1n) is 7.47. The van der Waals surface area contributed by atoms with E-state index in [4.69, 9.17) is 0 Å². The summed E-state index contributed by atoms with van der Waals surface area (Å²) in [4.78, 5) is 19.2. The molecule has 0 aliphatic heterocycles. The number of nitrogens with one attached hydrogen (secondary N) is 2. The van der Waals surface area contributed by atoms with Gasteiger partial charge in [-0.1, -0.05) is 12.1 Å². The van der Waals surface area contributed by atoms with Gasteiger partial charge < -0.3 is 20.1 Å². The number of aliphatic hydroxyl groups is 1. The minimum absolute atomic E-state index is 0.0532. The standard InChI is InChI=1S/C17H15F2N3O3/c18-17(19)25-12-3-1-2-10(6-12)15(23)8-20-16(24)11-4-5-13-14(7-11)22-9-21-13/h1-7,9,15,17,23H,8H2,(H,20,24)(H,21,22). The molecule has 1 atom stereocenters. The highest BCUT2D eigenvalue weighted by molar-refractivity contribution is 5.97. The van der Waals surface area contributed by atoms with Gasteiger partial charge in [0.25, 0.3) is 5.91 Å². The van der Waals surface area contributed by atoms with E-state index in [0.29, 0.717) is 11.1 Å². The molecule has 130 valence electrons. The maximum Gasteiger partial charge on any atom is 0.387 e. The van der Waals surface area contributed by atoms with Gasteiger partial charge in [-0.15, -0.1) is 0 Å². The van der Waals surface area contributed by atoms with E-state index in [1.807, 2.05) is 0 Å². The molecular formula is C17H15F2N3O3. The second kappa shape index (κ2) is 7.27. The summed E-state index contributed by atoms with van der Waals surface area (Å²) in [5.74, 6) is -0.418. The van der Waals surface area contributed by atoms with Gasteiger partial charge in [-0.05, 0) is 35.9 Å². The number of hydrogen-bond donors (Lipinski definition) is 3. The van der Waals surface area contributed by atoms with Gasteiger partial charge in [0.1, 0.15) is 5.75 Å². The maximum absolute atomic E-state index is 12.2. The van der Waals surface area contributed by atoms with Crippen LogP contribution in [0.4, 0.5) is 8.78 Å². The Balaban J connectivity index is 1.63. The van der Waals surface area contributed by atoms with Crippen LogP contribution in [0, 0.1) is 0 Å². The Kier molecular flexibility index (Phi) is 4.90. The van der Waals surface area contributed by atoms with Crippen LogP contribution in [0.25, 0.3) is 11.0 Å². The molecule has 1 amide bonds. The zero-order valence-corrected chi connectivity index (χ0v) is 12.9. The molecule has 0 saturated carbocycles. The maximum atomic E-state index is 12.2. The van der Waals surface area contributed by atoms with E-state index < -0.39 is 12.7 Å². The van der Waals surface area contributed by atoms with Gasteiger partial charge in [0.05, 0.1) is 23.5 Å². The molecule has 0 bridgehead atoms. The summed E-state index contributed by atoms with van der Waals surface area (Å²) in [5.41, 5.74) is 2.25. The van der Waals surface area contributed by atoms with E-state index in [1.54, 1.807) is 24.3 Å². The van der Waals surface area contributed by atoms with Crippen LogP contribution in [-0.4, -0.2) is 34.1 Å². The van der Waals surface area contributed by atoms with E-state index in [1.165, 1.54) is 24.5 Å². The number of imidazole rings is 1. The fourth-order valence-electron chi connectivity index (χ4n) is 2.38. The van der Waals surface area contributed by atoms with Crippen LogP contribution in [0.2, 0.25) is 0 Å². The lowest BCUT2D eigenvalue weighted by Crippen LogP contribution is -2.28. The Morgan fingerprint density at radius 1 is 1.28 bits per heavy atom. The van der Waals surface area contributed by atoms with Crippen LogP contribution in [0.3, 0.4) is 0 Å². The lowest BCUT2D eigenvalue weighted by Gasteiger charge is -2.14. The molecule has 0 saturated heterocycles. The third-order valence-electron chi connectivity index (χ3n) is 3.61. The number of aromatic nitrogens is 2. The molecule has 1 heterocycles. The number of halogens is 2. The van der Waals surface area contributed by atoms with Crippen molar-refractivity contribution in [2.24, 2.45) is 0 Å². The zero-order chi connectivity index (χ0) is 17.8. The Morgan fingerprint density at radius 2 is 2.12 bits per heavy atom. The molecule has 6 nitrogen and oxygen atoms in total. The van der Waals surface area contributed by atoms with Crippen LogP contribution in [0.1, 0.15) is 22.0 Å². The second-order valence-corrected chi connectivity index (χ2v) is 5.31. The number of rotatable bonds is 6. The highest BCUT2D eigenvalue weighted by atomic mass is 19.3. The van der Waals surface area contributed by atoms with Gasteiger partial charge in [-0.2, -0.15) is 8.78 Å². The van der Waals surface area contributed by atoms with E-state index in [2.05, 4.69) is 20.0 Å². The van der Waals surface area contributed by atoms with E-state index >= 15 is 0 Å². The molecule has 3 aromatic rings. The monoisotopic (exact) mass is 347 g/mol. The van der Waals surface area contributed by atoms with E-state index in [-0.39, 0.29) is 18.2 Å². The summed E-state index contributed by atoms with van der Waals surface area (Å²) in [7, 11) is 0. The summed E-state index contributed by atoms with van der Waals surface area (Å²) < 4.78 is 28.8. The quantitative estimate of drug-likeness (QED) is 0.640. The van der Waals surface area contributed by atoms with Crippen molar-refractivity contribution in [3.05, 3.63) is 59.9 Å². The molecule has 3 rings (SSSR count). The summed E-state index contributed by atoms with van der Waals surface area (Å²) in [6.07, 6.45) is 0.478. The number of benzene rings is 2. The third-order valence-corrected chi connectivity index (χ3v) is 3.61. The molecule has 0 radical (unpaired) electrons. The summed E-state index contributed by atoms with van der Waals surface area (Å²) >= 11 is 0. The van der Waals surface area contributed by atoms with Crippen molar-refractivity contribution in [1.29, 1.82) is 0 Å². The van der Waals surface area contributed by atoms with Crippen molar-refractivity contribution in [2.75, 3.05) is 6.54 Å². The molecule has 0 aliphatic rings. The van der Waals surface area contributed by atoms with Crippen molar-refractivity contribution in [2.45, 2.75) is 12.7 Å². The van der Waals surface area contributed by atoms with E-state index in [0.717, 1.165) is 11.0 Å². The number of carbonyl (C=O) groups excluding carboxylic acids is 1. The van der Waals surface area contributed by atoms with Crippen LogP contribution in [0.15, 0.2) is 48.8 Å². The molecule has 0 spiro atoms. The van der Waals surface area contributed by atoms with Crippen LogP contribution >= 0.6 is 0 Å². The SMILES string of the molecule is O=C(NCC(O)c1cccc(OC(F)F)c1)c1ccc2nc[nH]c2c1. The molecule has 25 heavy (non-hydrogen) atoms. The van der Waals surface area contributed by atoms with Crippen molar-refractivity contribution >= 4 is 16.9 Å². The molecule has 2 aromatic carbocycles. The number of alkyl halides is 2. The lowest BCUT2D eigenvalue weighted by atomic mass is 10.1. The fraction of sp³-hybridized carbons (Fsp3) is 0.176. The topological polar surface area (TPSA) is 87.2 Å². The third kappa shape index (κ3) is 4.10. The number of aliphatic hydroxyl groups excluding tert-OH is 1. The first-order chi connectivity index (χ1) is 12.0. The normalized spacial score (nSPS) is 12.3. The molecule has 0 aliphatic carbocycles. The van der Waals surface area contributed by atoms with Crippen molar-refractivity contribution < 1.29 is 23.4 Å². The Labute approximate surface area is 141 Å². The van der Waals surface area contributed by atoms with Gasteiger partial charge in [0, 0.05) is 12.1 Å². The number of ether oxygens (including phenoxy) is 1. The average molecular weight is 347 g/mol. The number of nitrogens with zero attached hydrogens (tertiary/aromatic N) is 1. The van der Waals surface area contributed by atoms with Crippen LogP contribution in [0.5, 0.6) is 5.75 Å². The second-order valence-electron chi connectivity index (χ2n) is 5.31. The largest absolute Gasteiger partial charge is 0.435 e. The first kappa shape index (κ1) is 16.8. The molecule has 3 N–H and O–H groups in total. The Morgan fingerprint density at radius 3 is 2.92 bits per heavy atom. The van der Waals surface area contributed by atoms with Crippen molar-refractivity contribution in [3.63, 3.8) is 0 Å². The van der Waals surface area contributed by atoms with E-state index in [9.17, 15) is 18.7 Å². The van der Waals surface area contributed by atoms with Gasteiger partial charge in [-0.25, -0.2) is 4.98 Å². The highest BCUT2D eigenvalue weighted by Gasteiger charge is 2.13. The average Bonchev–Trinajstić information content (AvgIpc) is 3.06. The Hall–Kier alpha value is -3.00. The predicted molar refractivity (Wildman–Crippen MR) is 86.5 cm³/mol. The highest BCUT2D eigenvalue weighted by Crippen LogP contribution is 2.20. The smallest absolute Gasteiger partial charge is 0.387 e. The summed E-state index contributed by atoms with van der Waals surface area (Å²) in [6, 6.07) is 10.7. The number of H-pyrrole nitrogens is 1. The molecule has 1 aromatic heterocycles. The van der Waals surface area contributed by atoms with Gasteiger partial charge in [0.2, 0.25) is 0 Å². The summed E-state index contributed by atoms with van der Waals surface area (Å²) in [6.45, 7) is -3.01. The summed E-state index contributed by atoms with van der Waals surface area (Å²) in [5, 5.41) is 12.7. The molecule has 0 fully saturated rings. The molecule has 1 unspecified atom stereocenters. The first-order valence-corrected chi connectivity index (χ1v) is 7.47. The van der Waals surface area contributed by atoms with Gasteiger partial charge in [0.15, 0.2) is 0 Å². The molecular weight excluding hydrogens is 332 g/mol. The number of amides is 1. The number of hydrogen-bond acceptors (Lipinski definition) is 4. The minimum Gasteiger partial charge on any atom is -0.435 e. The number of fused-ring (bicyclic) bond motifs is 1. The van der Waals surface area contributed by atoms with Crippen LogP contribution in [-0.2, 0) is 0 Å².